The first kappa shape index (κ1) is 104. The van der Waals surface area contributed by atoms with Crippen molar-refractivity contribution in [2.24, 2.45) is 0 Å². The van der Waals surface area contributed by atoms with Crippen molar-refractivity contribution in [1.82, 2.24) is 0 Å². The van der Waals surface area contributed by atoms with Crippen LogP contribution in [0, 0.1) is 22.9 Å². The van der Waals surface area contributed by atoms with E-state index in [-0.39, 0.29) is 195 Å². The Labute approximate surface area is 888 Å². The van der Waals surface area contributed by atoms with Crippen molar-refractivity contribution in [2.75, 3.05) is 92.5 Å². The summed E-state index contributed by atoms with van der Waals surface area (Å²) < 4.78 is 356. The molecule has 792 valence electrons. The van der Waals surface area contributed by atoms with Gasteiger partial charge in [-0.1, -0.05) is 111 Å². The average Bonchev–Trinajstić information content (AvgIpc) is 1.55. The maximum absolute atomic E-state index is 16.2. The summed E-state index contributed by atoms with van der Waals surface area (Å²) >= 11 is 6.30. The number of allylic oxidation sites excluding steroid dienone is 2. The van der Waals surface area contributed by atoms with E-state index in [4.69, 9.17) is 73.6 Å². The SMILES string of the molecule is Cc1sc(C2=S3OS(=O)(=O)c4ccc(cc4)C(C)CC(c4ccc(S(=O)(=O)O)cc4)CC(c4ccc(S(=O)(=O)O)cc4)CC(c4ccc(S(=O)(=O)O)cc4)CC(c4ccc(S(=O)(=O)O)cc4)CC(c4ccc(S(=O)(=O)O)cc4)CC(C)c4ccc(cc4)S(=O)(=O)OS4=C(c5sc(C)c6c5OCCO6)C5=C(OCCO5)C4=c4sc(c5c4OCCO5)=c4sc(c5c4OCCO5)=C4SC(=C3C3=C2OCCO3)C2OCCOC42)c2c1OCCO2. The molecule has 7 aromatic carbocycles. The van der Waals surface area contributed by atoms with Gasteiger partial charge in [-0.3, -0.25) is 22.8 Å². The zero-order valence-corrected chi connectivity index (χ0v) is 91.1. The Kier molecular flexibility index (Phi) is 28.5. The molecule has 18 heterocycles. The Bertz CT molecular complexity index is 8620. The van der Waals surface area contributed by atoms with Crippen molar-refractivity contribution in [1.29, 1.82) is 0 Å². The number of thiophene rings is 4. The van der Waals surface area contributed by atoms with Crippen LogP contribution in [0.3, 0.4) is 0 Å². The third-order valence-electron chi connectivity index (χ3n) is 27.6. The molecule has 14 aliphatic heterocycles. The highest BCUT2D eigenvalue weighted by Gasteiger charge is 2.52. The van der Waals surface area contributed by atoms with E-state index in [1.807, 2.05) is 27.7 Å². The predicted octanol–water partition coefficient (Wildman–Crippen LogP) is 16.8. The largest absolute Gasteiger partial charge is 0.485 e. The summed E-state index contributed by atoms with van der Waals surface area (Å²) in [6, 6.07) is 39.6. The number of hydrogen-bond donors (Lipinski definition) is 5. The molecule has 11 unspecified atom stereocenters. The highest BCUT2D eigenvalue weighted by molar-refractivity contribution is 8.25. The first-order chi connectivity index (χ1) is 71.6. The number of fused-ring (bicyclic) bond motifs is 5. The van der Waals surface area contributed by atoms with Gasteiger partial charge >= 0.3 is 20.2 Å². The third kappa shape index (κ3) is 20.3. The van der Waals surface area contributed by atoms with Gasteiger partial charge in [0.15, 0.2) is 69.0 Å². The highest BCUT2D eigenvalue weighted by atomic mass is 32.3. The fraction of sp³-hybridized carbons (Fsp3) is 0.327. The Balaban J connectivity index is 0.758. The van der Waals surface area contributed by atoms with Crippen LogP contribution in [0.4, 0.5) is 0 Å². The maximum atomic E-state index is 16.2. The quantitative estimate of drug-likeness (QED) is 0.0560. The second-order valence-corrected chi connectivity index (χ2v) is 56.2. The summed E-state index contributed by atoms with van der Waals surface area (Å²) in [5.74, 6) is -1.55. The molecule has 11 aromatic rings. The minimum absolute atomic E-state index is 0.00529. The minimum Gasteiger partial charge on any atom is -0.485 e. The van der Waals surface area contributed by atoms with Gasteiger partial charge < -0.3 is 66.3 Å². The van der Waals surface area contributed by atoms with Crippen LogP contribution in [0.1, 0.15) is 152 Å². The molecule has 0 spiro atoms. The third-order valence-corrected chi connectivity index (χ3v) is 45.9. The predicted molar refractivity (Wildman–Crippen MR) is 559 cm³/mol. The molecule has 0 saturated carbocycles. The lowest BCUT2D eigenvalue weighted by Gasteiger charge is -2.33. The summed E-state index contributed by atoms with van der Waals surface area (Å²) in [7, 11) is -38.3. The Hall–Kier alpha value is -10.0. The molecule has 10 bridgehead atoms. The van der Waals surface area contributed by atoms with E-state index in [1.165, 1.54) is 203 Å². The van der Waals surface area contributed by atoms with Crippen LogP contribution in [0.2, 0.25) is 0 Å². The maximum Gasteiger partial charge on any atom is 0.307 e. The first-order valence-corrected chi connectivity index (χ1v) is 63.8. The van der Waals surface area contributed by atoms with Crippen LogP contribution in [0.25, 0.3) is 9.81 Å². The van der Waals surface area contributed by atoms with E-state index >= 15 is 16.8 Å². The van der Waals surface area contributed by atoms with Gasteiger partial charge in [-0.05, 0) is 218 Å². The fourth-order valence-corrected chi connectivity index (χ4v) is 37.1. The van der Waals surface area contributed by atoms with Gasteiger partial charge in [-0.2, -0.15) is 66.2 Å². The van der Waals surface area contributed by atoms with Crippen LogP contribution in [0.15, 0.2) is 237 Å². The summed E-state index contributed by atoms with van der Waals surface area (Å²) in [5, 5.41) is 0. The monoisotopic (exact) mass is 2310 g/mol. The van der Waals surface area contributed by atoms with Crippen molar-refractivity contribution in [3.8, 4) is 46.0 Å². The number of thioether (sulfide) groups is 1. The lowest BCUT2D eigenvalue weighted by molar-refractivity contribution is -0.0950. The molecule has 35 nitrogen and oxygen atoms in total. The molecular formula is C101H94O35S14. The van der Waals surface area contributed by atoms with E-state index in [2.05, 4.69) is 0 Å². The Morgan fingerprint density at radius 1 is 0.280 bits per heavy atom. The van der Waals surface area contributed by atoms with Crippen LogP contribution in [-0.2, 0) is 107 Å². The number of ether oxygens (including phenoxy) is 14. The molecule has 49 heteroatoms. The van der Waals surface area contributed by atoms with Gasteiger partial charge in [0.05, 0.1) is 94.9 Å². The van der Waals surface area contributed by atoms with Gasteiger partial charge in [-0.25, -0.2) is 0 Å². The summed E-state index contributed by atoms with van der Waals surface area (Å²) in [5.41, 5.74) is 3.62. The molecule has 14 aliphatic rings. The van der Waals surface area contributed by atoms with Crippen molar-refractivity contribution < 1.29 is 155 Å². The molecule has 150 heavy (non-hydrogen) atoms. The standard InChI is InChI=1S/C101H94O35S14/c1-53-47-64(59-9-19-69(20-10-59)144(102,103)104)49-66(61-13-23-71(24-14-61)146(108,109)110)51-68(63-17-27-73(28-18-63)148(114,115)116)52-67(62-15-25-72(26-16-62)147(111,112)113)50-65(60-11-21-70(22-12-60)145(105,106)107)48-54(2)58-7-31-75(32-8-58)150(119,120)136-143-99(95-79-77(56(4)138-95)122-34-36-124-79)87-89(134-46-44-132-87)101(143)97-85-83(128-40-42-130-85)93(141-97)91-81-80(125-37-38-126-81)90(139-91)92-82-84(129-41-39-127-82)96(140-92)100-88-86(131-43-45-133-88)98(94-78-76(55(3)137-94)121-33-35-123-78)142(100)135-149(117,118)74-29-5-57(53)6-30-74/h5-32,53-54,64-68,82,84H,33-52H2,1-4H3,(H,102,103,104)(H,105,106,107)(H,108,109,110)(H,111,112,113)(H,114,115,116). The minimum atomic E-state index is -4.99. The smallest absolute Gasteiger partial charge is 0.307 e. The van der Waals surface area contributed by atoms with Crippen molar-refractivity contribution in [2.45, 2.75) is 154 Å². The molecule has 2 saturated heterocycles. The molecule has 0 radical (unpaired) electrons. The summed E-state index contributed by atoms with van der Waals surface area (Å²) in [4.78, 5) is 1.39. The zero-order chi connectivity index (χ0) is 105. The van der Waals surface area contributed by atoms with Gasteiger partial charge in [0.25, 0.3) is 50.6 Å². The zero-order valence-electron chi connectivity index (χ0n) is 79.7. The van der Waals surface area contributed by atoms with Gasteiger partial charge in [-0.15, -0.1) is 45.3 Å². The van der Waals surface area contributed by atoms with E-state index in [0.717, 1.165) is 0 Å². The lowest BCUT2D eigenvalue weighted by atomic mass is 9.71. The topological polar surface area (TPSA) is 488 Å². The normalized spacial score (nSPS) is 24.2. The Morgan fingerprint density at radius 2 is 0.540 bits per heavy atom. The van der Waals surface area contributed by atoms with Crippen LogP contribution in [0.5, 0.6) is 46.0 Å². The summed E-state index contributed by atoms with van der Waals surface area (Å²) in [6.07, 6.45) is -1.33. The van der Waals surface area contributed by atoms with Crippen LogP contribution >= 0.6 is 78.6 Å². The number of rotatable bonds is 12. The number of aryl methyl sites for hydroxylation is 2. The summed E-state index contributed by atoms with van der Waals surface area (Å²) in [6.45, 7) is 8.76. The molecule has 25 rings (SSSR count). The van der Waals surface area contributed by atoms with Crippen molar-refractivity contribution >= 4 is 169 Å². The number of hydrogen-bond acceptors (Lipinski definition) is 35. The molecule has 2 fully saturated rings. The van der Waals surface area contributed by atoms with E-state index < -0.39 is 170 Å². The second kappa shape index (κ2) is 41.0. The molecule has 0 amide bonds. The van der Waals surface area contributed by atoms with Crippen molar-refractivity contribution in [3.63, 3.8) is 0 Å². The van der Waals surface area contributed by atoms with Gasteiger partial charge in [0.1, 0.15) is 91.5 Å². The molecule has 5 N–H and O–H groups in total. The van der Waals surface area contributed by atoms with Crippen molar-refractivity contribution in [3.05, 3.63) is 279 Å². The molecule has 4 aromatic heterocycles. The second-order valence-electron chi connectivity index (χ2n) is 37.0. The van der Waals surface area contributed by atoms with Crippen LogP contribution in [-0.4, -0.2) is 196 Å². The molecule has 11 atom stereocenters. The van der Waals surface area contributed by atoms with Crippen LogP contribution < -0.4 is 47.0 Å². The molecule has 0 aliphatic carbocycles. The first-order valence-electron chi connectivity index (χ1n) is 47.4. The van der Waals surface area contributed by atoms with E-state index in [0.29, 0.717) is 121 Å². The van der Waals surface area contributed by atoms with E-state index in [1.54, 1.807) is 24.3 Å². The van der Waals surface area contributed by atoms with Gasteiger partial charge in [0, 0.05) is 41.1 Å². The molecular weight excluding hydrogens is 2220 g/mol. The van der Waals surface area contributed by atoms with E-state index in [9.17, 15) is 64.9 Å². The van der Waals surface area contributed by atoms with Gasteiger partial charge in [0.2, 0.25) is 0 Å². The lowest BCUT2D eigenvalue weighted by Crippen LogP contribution is -2.37. The highest BCUT2D eigenvalue weighted by Crippen LogP contribution is 2.62. The fourth-order valence-electron chi connectivity index (χ4n) is 20.6. The average molecular weight is 2320 g/mol. The Morgan fingerprint density at radius 3 is 0.873 bits per heavy atom. The number of benzene rings is 7.